The standard InChI is InChI=1S/C17H17N3O6/c1-3-26-15-9-11(8-13(20(23)24)16(15)25-2)10-18-19-17(22)12-6-4-5-7-14(12)21/h4-10,21H,3H2,1-2H3,(H,19,22)/b18-10-. The average molecular weight is 359 g/mol. The number of nitro benzene ring substituents is 1. The number of para-hydroxylation sites is 1. The molecule has 26 heavy (non-hydrogen) atoms. The summed E-state index contributed by atoms with van der Waals surface area (Å²) in [6.45, 7) is 2.02. The molecule has 0 unspecified atom stereocenters. The van der Waals surface area contributed by atoms with Crippen LogP contribution in [0.25, 0.3) is 0 Å². The fourth-order valence-electron chi connectivity index (χ4n) is 2.18. The van der Waals surface area contributed by atoms with Gasteiger partial charge in [-0.25, -0.2) is 5.43 Å². The van der Waals surface area contributed by atoms with Crippen LogP contribution in [0, 0.1) is 10.1 Å². The number of rotatable bonds is 7. The number of hydrogen-bond donors (Lipinski definition) is 2. The van der Waals surface area contributed by atoms with Crippen molar-refractivity contribution >= 4 is 17.8 Å². The van der Waals surface area contributed by atoms with Crippen LogP contribution < -0.4 is 14.9 Å². The highest BCUT2D eigenvalue weighted by Crippen LogP contribution is 2.37. The maximum atomic E-state index is 12.0. The zero-order chi connectivity index (χ0) is 19.1. The minimum atomic E-state index is -0.618. The molecule has 9 nitrogen and oxygen atoms in total. The van der Waals surface area contributed by atoms with Gasteiger partial charge in [0.15, 0.2) is 5.75 Å². The molecule has 0 aliphatic carbocycles. The van der Waals surface area contributed by atoms with Crippen LogP contribution in [0.1, 0.15) is 22.8 Å². The number of phenolic OH excluding ortho intramolecular Hbond substituents is 1. The first-order chi connectivity index (χ1) is 12.5. The molecule has 0 bridgehead atoms. The molecule has 0 saturated heterocycles. The highest BCUT2D eigenvalue weighted by atomic mass is 16.6. The second kappa shape index (κ2) is 8.47. The van der Waals surface area contributed by atoms with E-state index < -0.39 is 10.8 Å². The number of phenols is 1. The first kappa shape index (κ1) is 18.7. The van der Waals surface area contributed by atoms with E-state index in [0.29, 0.717) is 5.56 Å². The van der Waals surface area contributed by atoms with E-state index in [0.717, 1.165) is 0 Å². The van der Waals surface area contributed by atoms with E-state index in [1.165, 1.54) is 37.6 Å². The minimum absolute atomic E-state index is 0.00671. The zero-order valence-corrected chi connectivity index (χ0v) is 14.1. The summed E-state index contributed by atoms with van der Waals surface area (Å²) in [6.07, 6.45) is 1.23. The molecule has 0 spiro atoms. The van der Waals surface area contributed by atoms with Crippen LogP contribution in [0.4, 0.5) is 5.69 Å². The number of ether oxygens (including phenoxy) is 2. The molecule has 9 heteroatoms. The Balaban J connectivity index is 2.25. The van der Waals surface area contributed by atoms with Crippen molar-refractivity contribution in [3.05, 3.63) is 57.6 Å². The predicted molar refractivity (Wildman–Crippen MR) is 94.0 cm³/mol. The summed E-state index contributed by atoms with van der Waals surface area (Å²) in [5.74, 6) is -0.601. The van der Waals surface area contributed by atoms with Crippen LogP contribution in [0.5, 0.6) is 17.2 Å². The molecular formula is C17H17N3O6. The molecule has 0 radical (unpaired) electrons. The summed E-state index contributed by atoms with van der Waals surface area (Å²) >= 11 is 0. The van der Waals surface area contributed by atoms with E-state index in [1.807, 2.05) is 0 Å². The van der Waals surface area contributed by atoms with Crippen LogP contribution >= 0.6 is 0 Å². The number of benzene rings is 2. The second-order valence-electron chi connectivity index (χ2n) is 4.98. The van der Waals surface area contributed by atoms with Gasteiger partial charge in [-0.05, 0) is 25.1 Å². The fraction of sp³-hybridized carbons (Fsp3) is 0.176. The van der Waals surface area contributed by atoms with Gasteiger partial charge in [0.2, 0.25) is 5.75 Å². The van der Waals surface area contributed by atoms with Crippen LogP contribution in [0.15, 0.2) is 41.5 Å². The number of hydrogen-bond acceptors (Lipinski definition) is 7. The molecule has 0 heterocycles. The lowest BCUT2D eigenvalue weighted by Crippen LogP contribution is -2.17. The smallest absolute Gasteiger partial charge is 0.315 e. The molecule has 2 aromatic carbocycles. The van der Waals surface area contributed by atoms with Gasteiger partial charge in [-0.2, -0.15) is 5.10 Å². The number of aromatic hydroxyl groups is 1. The second-order valence-corrected chi connectivity index (χ2v) is 4.98. The summed E-state index contributed by atoms with van der Waals surface area (Å²) in [5, 5.41) is 24.6. The highest BCUT2D eigenvalue weighted by molar-refractivity contribution is 5.97. The highest BCUT2D eigenvalue weighted by Gasteiger charge is 2.21. The van der Waals surface area contributed by atoms with Crippen molar-refractivity contribution in [2.75, 3.05) is 13.7 Å². The number of methoxy groups -OCH3 is 1. The third kappa shape index (κ3) is 4.26. The molecule has 0 fully saturated rings. The number of carbonyl (C=O) groups is 1. The van der Waals surface area contributed by atoms with E-state index >= 15 is 0 Å². The first-order valence-corrected chi connectivity index (χ1v) is 7.58. The molecule has 2 rings (SSSR count). The lowest BCUT2D eigenvalue weighted by Gasteiger charge is -2.10. The van der Waals surface area contributed by atoms with E-state index in [2.05, 4.69) is 10.5 Å². The van der Waals surface area contributed by atoms with Crippen molar-refractivity contribution in [1.82, 2.24) is 5.43 Å². The van der Waals surface area contributed by atoms with Crippen molar-refractivity contribution in [2.45, 2.75) is 6.92 Å². The van der Waals surface area contributed by atoms with Crippen LogP contribution in [0.3, 0.4) is 0 Å². The zero-order valence-electron chi connectivity index (χ0n) is 14.1. The van der Waals surface area contributed by atoms with Gasteiger partial charge in [0, 0.05) is 11.6 Å². The Hall–Kier alpha value is -3.62. The first-order valence-electron chi connectivity index (χ1n) is 7.58. The fourth-order valence-corrected chi connectivity index (χ4v) is 2.18. The Morgan fingerprint density at radius 2 is 2.12 bits per heavy atom. The van der Waals surface area contributed by atoms with Crippen LogP contribution in [-0.2, 0) is 0 Å². The van der Waals surface area contributed by atoms with E-state index in [4.69, 9.17) is 9.47 Å². The van der Waals surface area contributed by atoms with Gasteiger partial charge in [0.1, 0.15) is 5.75 Å². The maximum Gasteiger partial charge on any atom is 0.315 e. The van der Waals surface area contributed by atoms with Gasteiger partial charge in [-0.3, -0.25) is 14.9 Å². The number of nitrogens with one attached hydrogen (secondary N) is 1. The number of amides is 1. The lowest BCUT2D eigenvalue weighted by molar-refractivity contribution is -0.385. The van der Waals surface area contributed by atoms with Crippen LogP contribution in [0.2, 0.25) is 0 Å². The lowest BCUT2D eigenvalue weighted by atomic mass is 10.2. The van der Waals surface area contributed by atoms with Gasteiger partial charge in [-0.1, -0.05) is 12.1 Å². The van der Waals surface area contributed by atoms with Crippen molar-refractivity contribution in [3.63, 3.8) is 0 Å². The number of carbonyl (C=O) groups excluding carboxylic acids is 1. The molecule has 0 atom stereocenters. The quantitative estimate of drug-likeness (QED) is 0.445. The third-order valence-corrected chi connectivity index (χ3v) is 3.29. The van der Waals surface area contributed by atoms with Crippen molar-refractivity contribution in [2.24, 2.45) is 5.10 Å². The SMILES string of the molecule is CCOc1cc(/C=N\NC(=O)c2ccccc2O)cc([N+](=O)[O-])c1OC. The molecule has 0 aliphatic rings. The predicted octanol–water partition coefficient (Wildman–Crippen LogP) is 2.47. The Morgan fingerprint density at radius 3 is 2.73 bits per heavy atom. The van der Waals surface area contributed by atoms with E-state index in [1.54, 1.807) is 19.1 Å². The third-order valence-electron chi connectivity index (χ3n) is 3.29. The van der Waals surface area contributed by atoms with Crippen molar-refractivity contribution in [1.29, 1.82) is 0 Å². The van der Waals surface area contributed by atoms with E-state index in [-0.39, 0.29) is 35.1 Å². The van der Waals surface area contributed by atoms with E-state index in [9.17, 15) is 20.0 Å². The summed E-state index contributed by atoms with van der Waals surface area (Å²) in [5.41, 5.74) is 2.35. The molecule has 2 N–H and O–H groups in total. The molecule has 0 aliphatic heterocycles. The van der Waals surface area contributed by atoms with Gasteiger partial charge >= 0.3 is 5.69 Å². The number of nitrogens with zero attached hydrogens (tertiary/aromatic N) is 2. The Labute approximate surface area is 149 Å². The summed E-state index contributed by atoms with van der Waals surface area (Å²) in [6, 6.07) is 8.74. The minimum Gasteiger partial charge on any atom is -0.507 e. The molecular weight excluding hydrogens is 342 g/mol. The van der Waals surface area contributed by atoms with Crippen molar-refractivity contribution in [3.8, 4) is 17.2 Å². The summed E-state index contributed by atoms with van der Waals surface area (Å²) in [7, 11) is 1.31. The number of nitro groups is 1. The van der Waals surface area contributed by atoms with Crippen LogP contribution in [-0.4, -0.2) is 35.9 Å². The molecule has 0 aromatic heterocycles. The average Bonchev–Trinajstić information content (AvgIpc) is 2.61. The Kier molecular flexibility index (Phi) is 6.10. The summed E-state index contributed by atoms with van der Waals surface area (Å²) < 4.78 is 10.4. The van der Waals surface area contributed by atoms with Crippen molar-refractivity contribution < 1.29 is 24.3 Å². The number of hydrazone groups is 1. The maximum absolute atomic E-state index is 12.0. The molecule has 1 amide bonds. The van der Waals surface area contributed by atoms with Gasteiger partial charge in [0.05, 0.1) is 30.4 Å². The largest absolute Gasteiger partial charge is 0.507 e. The Bertz CT molecular complexity index is 850. The topological polar surface area (TPSA) is 123 Å². The monoisotopic (exact) mass is 359 g/mol. The molecule has 0 saturated carbocycles. The van der Waals surface area contributed by atoms with Gasteiger partial charge in [-0.15, -0.1) is 0 Å². The van der Waals surface area contributed by atoms with Gasteiger partial charge in [0.25, 0.3) is 5.91 Å². The molecule has 136 valence electrons. The normalized spacial score (nSPS) is 10.5. The van der Waals surface area contributed by atoms with Gasteiger partial charge < -0.3 is 14.6 Å². The molecule has 2 aromatic rings. The Morgan fingerprint density at radius 1 is 1.38 bits per heavy atom. The summed E-state index contributed by atoms with van der Waals surface area (Å²) in [4.78, 5) is 22.6.